The van der Waals surface area contributed by atoms with E-state index in [-0.39, 0.29) is 24.5 Å². The summed E-state index contributed by atoms with van der Waals surface area (Å²) in [6.45, 7) is 3.70. The number of methoxy groups -OCH3 is 1. The number of benzene rings is 1. The highest BCUT2D eigenvalue weighted by molar-refractivity contribution is 5.95. The Morgan fingerprint density at radius 3 is 2.78 bits per heavy atom. The minimum atomic E-state index is -0.949. The number of aromatic nitrogens is 4. The van der Waals surface area contributed by atoms with E-state index in [1.54, 1.807) is 22.9 Å². The molecule has 0 unspecified atom stereocenters. The van der Waals surface area contributed by atoms with Crippen LogP contribution in [0.25, 0.3) is 5.82 Å². The quantitative estimate of drug-likeness (QED) is 0.535. The number of carbonyl (C=O) groups is 1. The second-order valence-electron chi connectivity index (χ2n) is 9.17. The molecule has 11 heteroatoms. The summed E-state index contributed by atoms with van der Waals surface area (Å²) in [6.07, 6.45) is 5.82. The topological polar surface area (TPSA) is 94.4 Å². The zero-order chi connectivity index (χ0) is 25.2. The molecule has 0 bridgehead atoms. The molecule has 1 saturated heterocycles. The molecule has 2 aromatic heterocycles. The van der Waals surface area contributed by atoms with Crippen LogP contribution in [0.5, 0.6) is 0 Å². The van der Waals surface area contributed by atoms with Crippen LogP contribution in [0.1, 0.15) is 40.0 Å². The van der Waals surface area contributed by atoms with Gasteiger partial charge < -0.3 is 19.7 Å². The normalized spacial score (nSPS) is 18.4. The Hall–Kier alpha value is -3.44. The van der Waals surface area contributed by atoms with E-state index in [0.29, 0.717) is 49.3 Å². The second-order valence-corrected chi connectivity index (χ2v) is 9.17. The lowest BCUT2D eigenvalue weighted by Gasteiger charge is -2.34. The van der Waals surface area contributed by atoms with Crippen LogP contribution in [0.3, 0.4) is 0 Å². The van der Waals surface area contributed by atoms with Crippen LogP contribution in [-0.2, 0) is 22.4 Å². The van der Waals surface area contributed by atoms with Crippen molar-refractivity contribution in [3.8, 4) is 5.82 Å². The van der Waals surface area contributed by atoms with Gasteiger partial charge in [0.1, 0.15) is 0 Å². The monoisotopic (exact) mass is 498 g/mol. The maximum Gasteiger partial charge on any atom is 0.275 e. The van der Waals surface area contributed by atoms with Gasteiger partial charge in [-0.1, -0.05) is 6.07 Å². The number of hydrogen-bond donors (Lipinski definition) is 1. The van der Waals surface area contributed by atoms with E-state index in [0.717, 1.165) is 36.1 Å². The molecule has 1 amide bonds. The van der Waals surface area contributed by atoms with Gasteiger partial charge in [-0.05, 0) is 43.9 Å². The van der Waals surface area contributed by atoms with E-state index < -0.39 is 11.6 Å². The number of halogens is 2. The van der Waals surface area contributed by atoms with Gasteiger partial charge in [-0.3, -0.25) is 4.79 Å². The van der Waals surface area contributed by atoms with Gasteiger partial charge in [0.05, 0.1) is 12.6 Å². The number of anilines is 1. The van der Waals surface area contributed by atoms with Gasteiger partial charge in [0.15, 0.2) is 23.1 Å². The molecule has 9 nitrogen and oxygen atoms in total. The molecule has 3 aromatic rings. The number of nitrogens with zero attached hydrogens (tertiary/aromatic N) is 5. The van der Waals surface area contributed by atoms with Crippen LogP contribution in [0.2, 0.25) is 0 Å². The summed E-state index contributed by atoms with van der Waals surface area (Å²) in [5.41, 5.74) is 2.39. The van der Waals surface area contributed by atoms with E-state index >= 15 is 0 Å². The van der Waals surface area contributed by atoms with Gasteiger partial charge in [0, 0.05) is 56.4 Å². The third-order valence-corrected chi connectivity index (χ3v) is 6.56. The Kier molecular flexibility index (Phi) is 6.92. The predicted molar refractivity (Wildman–Crippen MR) is 127 cm³/mol. The van der Waals surface area contributed by atoms with Gasteiger partial charge in [-0.15, -0.1) is 0 Å². The number of fused-ring (bicyclic) bond motifs is 1. The molecule has 0 radical (unpaired) electrons. The van der Waals surface area contributed by atoms with Crippen LogP contribution in [0.15, 0.2) is 30.6 Å². The number of aryl methyl sites for hydroxylation is 1. The van der Waals surface area contributed by atoms with Crippen molar-refractivity contribution in [1.29, 1.82) is 0 Å². The molecule has 5 rings (SSSR count). The Morgan fingerprint density at radius 1 is 1.22 bits per heavy atom. The summed E-state index contributed by atoms with van der Waals surface area (Å²) < 4.78 is 39.6. The van der Waals surface area contributed by atoms with Crippen LogP contribution < -0.4 is 5.32 Å². The average molecular weight is 499 g/mol. The minimum absolute atomic E-state index is 0.113. The fourth-order valence-corrected chi connectivity index (χ4v) is 4.65. The standard InChI is InChI=1S/C25H28F2N6O3/c1-15-11-28-25(29-18-5-7-36-8-6-18)30-23(15)33-13-17-10-19(14-35-2)32(24(34)22(17)31-33)12-16-3-4-20(26)21(27)9-16/h3-4,9,11,13,18-19H,5-8,10,12,14H2,1-2H3,(H,28,29,30)/t19-/m1/s1. The van der Waals surface area contributed by atoms with Crippen molar-refractivity contribution in [2.24, 2.45) is 0 Å². The molecule has 0 saturated carbocycles. The SMILES string of the molecule is COC[C@H]1Cc2cn(-c3nc(NC4CCOCC4)ncc3C)nc2C(=O)N1Cc1ccc(F)c(F)c1. The maximum atomic E-state index is 13.8. The number of amides is 1. The van der Waals surface area contributed by atoms with Crippen molar-refractivity contribution in [2.45, 2.75) is 44.8 Å². The molecule has 1 N–H and O–H groups in total. The summed E-state index contributed by atoms with van der Waals surface area (Å²) in [5, 5.41) is 7.94. The lowest BCUT2D eigenvalue weighted by Crippen LogP contribution is -2.47. The highest BCUT2D eigenvalue weighted by atomic mass is 19.2. The molecule has 0 aliphatic carbocycles. The van der Waals surface area contributed by atoms with Crippen molar-refractivity contribution in [2.75, 3.05) is 32.2 Å². The smallest absolute Gasteiger partial charge is 0.275 e. The van der Waals surface area contributed by atoms with Crippen molar-refractivity contribution in [1.82, 2.24) is 24.6 Å². The van der Waals surface area contributed by atoms with E-state index in [4.69, 9.17) is 9.47 Å². The van der Waals surface area contributed by atoms with Crippen molar-refractivity contribution < 1.29 is 23.0 Å². The van der Waals surface area contributed by atoms with Crippen molar-refractivity contribution in [3.63, 3.8) is 0 Å². The summed E-state index contributed by atoms with van der Waals surface area (Å²) in [5.74, 6) is -1.09. The summed E-state index contributed by atoms with van der Waals surface area (Å²) in [7, 11) is 1.57. The molecule has 4 heterocycles. The van der Waals surface area contributed by atoms with E-state index in [9.17, 15) is 13.6 Å². The van der Waals surface area contributed by atoms with Crippen molar-refractivity contribution >= 4 is 11.9 Å². The molecule has 1 atom stereocenters. The number of ether oxygens (including phenoxy) is 2. The van der Waals surface area contributed by atoms with Gasteiger partial charge in [-0.2, -0.15) is 10.1 Å². The lowest BCUT2D eigenvalue weighted by molar-refractivity contribution is 0.0465. The zero-order valence-corrected chi connectivity index (χ0v) is 20.2. The molecule has 2 aliphatic rings. The van der Waals surface area contributed by atoms with Gasteiger partial charge in [-0.25, -0.2) is 18.4 Å². The van der Waals surface area contributed by atoms with Crippen LogP contribution in [-0.4, -0.2) is 69.6 Å². The van der Waals surface area contributed by atoms with Crippen LogP contribution >= 0.6 is 0 Å². The predicted octanol–water partition coefficient (Wildman–Crippen LogP) is 3.05. The van der Waals surface area contributed by atoms with Crippen molar-refractivity contribution in [3.05, 3.63) is 64.6 Å². The van der Waals surface area contributed by atoms with Gasteiger partial charge >= 0.3 is 0 Å². The Bertz CT molecular complexity index is 1260. The Balaban J connectivity index is 1.42. The molecule has 36 heavy (non-hydrogen) atoms. The second kappa shape index (κ2) is 10.3. The maximum absolute atomic E-state index is 13.8. The Labute approximate surface area is 207 Å². The first kappa shape index (κ1) is 24.3. The summed E-state index contributed by atoms with van der Waals surface area (Å²) in [6, 6.07) is 3.60. The van der Waals surface area contributed by atoms with Gasteiger partial charge in [0.2, 0.25) is 5.95 Å². The fraction of sp³-hybridized carbons (Fsp3) is 0.440. The highest BCUT2D eigenvalue weighted by Crippen LogP contribution is 2.27. The molecule has 0 spiro atoms. The number of carbonyl (C=O) groups excluding carboxylic acids is 1. The molecular weight excluding hydrogens is 470 g/mol. The number of rotatable bonds is 7. The molecule has 2 aliphatic heterocycles. The van der Waals surface area contributed by atoms with E-state index in [1.807, 2.05) is 13.1 Å². The van der Waals surface area contributed by atoms with E-state index in [2.05, 4.69) is 20.4 Å². The first-order valence-electron chi connectivity index (χ1n) is 11.9. The third kappa shape index (κ3) is 4.93. The summed E-state index contributed by atoms with van der Waals surface area (Å²) in [4.78, 5) is 24.2. The first-order valence-corrected chi connectivity index (χ1v) is 11.9. The average Bonchev–Trinajstić information content (AvgIpc) is 3.30. The Morgan fingerprint density at radius 2 is 2.03 bits per heavy atom. The molecule has 190 valence electrons. The third-order valence-electron chi connectivity index (χ3n) is 6.56. The van der Waals surface area contributed by atoms with Crippen LogP contribution in [0, 0.1) is 18.6 Å². The lowest BCUT2D eigenvalue weighted by atomic mass is 9.98. The largest absolute Gasteiger partial charge is 0.383 e. The highest BCUT2D eigenvalue weighted by Gasteiger charge is 2.35. The molecule has 1 aromatic carbocycles. The first-order chi connectivity index (χ1) is 17.4. The molecular formula is C25H28F2N6O3. The molecule has 1 fully saturated rings. The number of hydrogen-bond acceptors (Lipinski definition) is 7. The fourth-order valence-electron chi connectivity index (χ4n) is 4.65. The van der Waals surface area contributed by atoms with Gasteiger partial charge in [0.25, 0.3) is 5.91 Å². The number of nitrogens with one attached hydrogen (secondary N) is 1. The summed E-state index contributed by atoms with van der Waals surface area (Å²) >= 11 is 0. The zero-order valence-electron chi connectivity index (χ0n) is 20.2. The minimum Gasteiger partial charge on any atom is -0.383 e. The van der Waals surface area contributed by atoms with Crippen LogP contribution in [0.4, 0.5) is 14.7 Å². The van der Waals surface area contributed by atoms with E-state index in [1.165, 1.54) is 6.07 Å².